The fraction of sp³-hybridized carbons (Fsp3) is 0.300. The average molecular weight is 284 g/mol. The Morgan fingerprint density at radius 3 is 2.88 bits per heavy atom. The van der Waals surface area contributed by atoms with Crippen LogP contribution in [0.3, 0.4) is 0 Å². The summed E-state index contributed by atoms with van der Waals surface area (Å²) in [6, 6.07) is 1.84. The standard InChI is InChI=1S/C10H10BrN3O2/c1-3-8-7(4-6(11)5-12-8)9-13-14(2)10(15)16-9/h4-5H,3H2,1-2H3. The molecule has 0 amide bonds. The van der Waals surface area contributed by atoms with Crippen molar-refractivity contribution in [3.63, 3.8) is 0 Å². The molecule has 2 heterocycles. The van der Waals surface area contributed by atoms with Crippen LogP contribution in [-0.4, -0.2) is 14.8 Å². The van der Waals surface area contributed by atoms with Gasteiger partial charge in [-0.15, -0.1) is 5.10 Å². The topological polar surface area (TPSA) is 60.9 Å². The van der Waals surface area contributed by atoms with Crippen LogP contribution in [0.4, 0.5) is 0 Å². The number of halogens is 1. The number of aryl methyl sites for hydroxylation is 2. The lowest BCUT2D eigenvalue weighted by Crippen LogP contribution is -2.09. The zero-order valence-electron chi connectivity index (χ0n) is 8.90. The minimum atomic E-state index is -0.475. The van der Waals surface area contributed by atoms with Gasteiger partial charge in [0.05, 0.1) is 11.3 Å². The normalized spacial score (nSPS) is 10.7. The third kappa shape index (κ3) is 1.92. The van der Waals surface area contributed by atoms with E-state index in [9.17, 15) is 4.79 Å². The zero-order valence-corrected chi connectivity index (χ0v) is 10.5. The van der Waals surface area contributed by atoms with Crippen LogP contribution in [0.15, 0.2) is 25.9 Å². The molecule has 5 nitrogen and oxygen atoms in total. The number of aromatic nitrogens is 3. The molecule has 6 heteroatoms. The van der Waals surface area contributed by atoms with Gasteiger partial charge in [0.2, 0.25) is 0 Å². The van der Waals surface area contributed by atoms with Crippen molar-refractivity contribution < 1.29 is 4.42 Å². The largest absolute Gasteiger partial charge is 0.437 e. The Bertz CT molecular complexity index is 574. The molecule has 0 aromatic carbocycles. The van der Waals surface area contributed by atoms with Crippen LogP contribution in [0.1, 0.15) is 12.6 Å². The minimum Gasteiger partial charge on any atom is -0.388 e. The van der Waals surface area contributed by atoms with Crippen molar-refractivity contribution in [2.45, 2.75) is 13.3 Å². The van der Waals surface area contributed by atoms with Gasteiger partial charge >= 0.3 is 5.76 Å². The number of hydrogen-bond donors (Lipinski definition) is 0. The molecular formula is C10H10BrN3O2. The van der Waals surface area contributed by atoms with Crippen molar-refractivity contribution in [2.24, 2.45) is 7.05 Å². The van der Waals surface area contributed by atoms with Gasteiger partial charge in [-0.2, -0.15) is 4.68 Å². The first-order valence-electron chi connectivity index (χ1n) is 4.80. The van der Waals surface area contributed by atoms with Gasteiger partial charge in [0.1, 0.15) is 0 Å². The predicted molar refractivity (Wildman–Crippen MR) is 62.1 cm³/mol. The lowest BCUT2D eigenvalue weighted by Gasteiger charge is -2.02. The molecule has 0 saturated carbocycles. The van der Waals surface area contributed by atoms with Crippen LogP contribution in [0.5, 0.6) is 0 Å². The first-order chi connectivity index (χ1) is 7.61. The minimum absolute atomic E-state index is 0.304. The van der Waals surface area contributed by atoms with E-state index < -0.39 is 5.76 Å². The number of hydrogen-bond acceptors (Lipinski definition) is 4. The molecule has 0 N–H and O–H groups in total. The van der Waals surface area contributed by atoms with Crippen molar-refractivity contribution in [1.82, 2.24) is 14.8 Å². The molecule has 0 bridgehead atoms. The van der Waals surface area contributed by atoms with E-state index >= 15 is 0 Å². The Hall–Kier alpha value is -1.43. The van der Waals surface area contributed by atoms with E-state index in [1.807, 2.05) is 13.0 Å². The Labute approximate surface area is 100 Å². The van der Waals surface area contributed by atoms with Crippen LogP contribution < -0.4 is 5.76 Å². The highest BCUT2D eigenvalue weighted by Gasteiger charge is 2.13. The smallest absolute Gasteiger partial charge is 0.388 e. The van der Waals surface area contributed by atoms with Gasteiger partial charge in [-0.25, -0.2) is 4.79 Å². The van der Waals surface area contributed by atoms with E-state index in [4.69, 9.17) is 4.42 Å². The lowest BCUT2D eigenvalue weighted by atomic mass is 10.1. The molecule has 84 valence electrons. The van der Waals surface area contributed by atoms with E-state index in [2.05, 4.69) is 26.0 Å². The SMILES string of the molecule is CCc1ncc(Br)cc1-c1nn(C)c(=O)o1. The maximum Gasteiger partial charge on any atom is 0.437 e. The monoisotopic (exact) mass is 283 g/mol. The van der Waals surface area contributed by atoms with Crippen LogP contribution in [0.2, 0.25) is 0 Å². The molecule has 0 aliphatic heterocycles. The van der Waals surface area contributed by atoms with Crippen molar-refractivity contribution in [1.29, 1.82) is 0 Å². The first-order valence-corrected chi connectivity index (χ1v) is 5.60. The Morgan fingerprint density at radius 1 is 1.56 bits per heavy atom. The van der Waals surface area contributed by atoms with Gasteiger partial charge in [0.15, 0.2) is 0 Å². The van der Waals surface area contributed by atoms with E-state index in [0.717, 1.165) is 26.8 Å². The van der Waals surface area contributed by atoms with E-state index in [0.29, 0.717) is 5.89 Å². The molecule has 0 atom stereocenters. The Morgan fingerprint density at radius 2 is 2.31 bits per heavy atom. The summed E-state index contributed by atoms with van der Waals surface area (Å²) in [6.45, 7) is 1.99. The van der Waals surface area contributed by atoms with Crippen molar-refractivity contribution in [2.75, 3.05) is 0 Å². The molecule has 0 aliphatic rings. The molecule has 0 unspecified atom stereocenters. The molecule has 2 rings (SSSR count). The highest BCUT2D eigenvalue weighted by molar-refractivity contribution is 9.10. The van der Waals surface area contributed by atoms with Crippen molar-refractivity contribution in [3.05, 3.63) is 33.0 Å². The first kappa shape index (κ1) is 11.1. The molecule has 2 aromatic rings. The third-order valence-electron chi connectivity index (χ3n) is 2.19. The van der Waals surface area contributed by atoms with Crippen LogP contribution >= 0.6 is 15.9 Å². The summed E-state index contributed by atoms with van der Waals surface area (Å²) in [5.74, 6) is -0.171. The molecule has 16 heavy (non-hydrogen) atoms. The lowest BCUT2D eigenvalue weighted by molar-refractivity contribution is 0.504. The summed E-state index contributed by atoms with van der Waals surface area (Å²) in [5.41, 5.74) is 1.60. The van der Waals surface area contributed by atoms with Crippen LogP contribution in [-0.2, 0) is 13.5 Å². The van der Waals surface area contributed by atoms with Gasteiger partial charge in [-0.1, -0.05) is 6.92 Å². The van der Waals surface area contributed by atoms with Gasteiger partial charge in [0.25, 0.3) is 5.89 Å². The average Bonchev–Trinajstić information content (AvgIpc) is 2.59. The van der Waals surface area contributed by atoms with Gasteiger partial charge in [-0.05, 0) is 28.4 Å². The summed E-state index contributed by atoms with van der Waals surface area (Å²) in [4.78, 5) is 15.5. The molecule has 0 spiro atoms. The highest BCUT2D eigenvalue weighted by Crippen LogP contribution is 2.23. The summed E-state index contributed by atoms with van der Waals surface area (Å²) < 4.78 is 7.02. The summed E-state index contributed by atoms with van der Waals surface area (Å²) in [7, 11) is 1.55. The summed E-state index contributed by atoms with van der Waals surface area (Å²) in [5, 5.41) is 4.01. The van der Waals surface area contributed by atoms with Gasteiger partial charge in [0, 0.05) is 17.7 Å². The fourth-order valence-corrected chi connectivity index (χ4v) is 1.72. The quantitative estimate of drug-likeness (QED) is 0.843. The second kappa shape index (κ2) is 4.21. The highest BCUT2D eigenvalue weighted by atomic mass is 79.9. The molecule has 0 fully saturated rings. The van der Waals surface area contributed by atoms with Crippen molar-refractivity contribution in [3.8, 4) is 11.5 Å². The second-order valence-electron chi connectivity index (χ2n) is 3.30. The maximum atomic E-state index is 11.2. The molecule has 0 radical (unpaired) electrons. The van der Waals surface area contributed by atoms with Gasteiger partial charge < -0.3 is 4.42 Å². The van der Waals surface area contributed by atoms with Crippen LogP contribution in [0, 0.1) is 0 Å². The van der Waals surface area contributed by atoms with E-state index in [1.54, 1.807) is 13.2 Å². The molecule has 0 saturated heterocycles. The van der Waals surface area contributed by atoms with E-state index in [-0.39, 0.29) is 0 Å². The predicted octanol–water partition coefficient (Wildman–Crippen LogP) is 1.76. The van der Waals surface area contributed by atoms with Crippen LogP contribution in [0.25, 0.3) is 11.5 Å². The Kier molecular flexibility index (Phi) is 2.91. The fourth-order valence-electron chi connectivity index (χ4n) is 1.39. The number of pyridine rings is 1. The summed E-state index contributed by atoms with van der Waals surface area (Å²) in [6.07, 6.45) is 2.46. The number of nitrogens with zero attached hydrogens (tertiary/aromatic N) is 3. The molecular weight excluding hydrogens is 274 g/mol. The van der Waals surface area contributed by atoms with Crippen molar-refractivity contribution >= 4 is 15.9 Å². The van der Waals surface area contributed by atoms with E-state index in [1.165, 1.54) is 0 Å². The summed E-state index contributed by atoms with van der Waals surface area (Å²) >= 11 is 3.33. The second-order valence-corrected chi connectivity index (χ2v) is 4.21. The zero-order chi connectivity index (χ0) is 11.7. The third-order valence-corrected chi connectivity index (χ3v) is 2.62. The molecule has 0 aliphatic carbocycles. The Balaban J connectivity index is 2.62. The number of rotatable bonds is 2. The van der Waals surface area contributed by atoms with Gasteiger partial charge in [-0.3, -0.25) is 4.98 Å². The molecule has 2 aromatic heterocycles. The maximum absolute atomic E-state index is 11.2.